The fraction of sp³-hybridized carbons (Fsp3) is 0.781. The number of nitrogens with zero attached hydrogens (tertiary/aromatic N) is 2. The Morgan fingerprint density at radius 3 is 2.46 bits per heavy atom. The summed E-state index contributed by atoms with van der Waals surface area (Å²) in [5.41, 5.74) is -1.67. The second-order valence-corrected chi connectivity index (χ2v) is 14.9. The van der Waals surface area contributed by atoms with Crippen molar-refractivity contribution in [2.45, 2.75) is 114 Å². The minimum Gasteiger partial charge on any atom is -0.465 e. The van der Waals surface area contributed by atoms with E-state index in [1.807, 2.05) is 11.0 Å². The number of hydrogen-bond donors (Lipinski definition) is 1. The summed E-state index contributed by atoms with van der Waals surface area (Å²) in [6, 6.07) is -0.858. The average molecular weight is 640 g/mol. The maximum absolute atomic E-state index is 14.7. The van der Waals surface area contributed by atoms with E-state index in [4.69, 9.17) is 9.47 Å². The summed E-state index contributed by atoms with van der Waals surface area (Å²) in [6.07, 6.45) is 8.68. The first-order valence-corrected chi connectivity index (χ1v) is 16.1. The second-order valence-electron chi connectivity index (χ2n) is 13.7. The van der Waals surface area contributed by atoms with Crippen molar-refractivity contribution >= 4 is 33.7 Å². The van der Waals surface area contributed by atoms with Crippen LogP contribution in [0.3, 0.4) is 0 Å². The number of unbranched alkanes of at least 4 members (excludes halogenated alkanes) is 4. The number of fused-ring (bicyclic) bond motifs is 1. The van der Waals surface area contributed by atoms with Crippen molar-refractivity contribution in [2.24, 2.45) is 17.3 Å². The predicted molar refractivity (Wildman–Crippen MR) is 163 cm³/mol. The highest BCUT2D eigenvalue weighted by molar-refractivity contribution is 9.09. The van der Waals surface area contributed by atoms with E-state index in [9.17, 15) is 19.5 Å². The third kappa shape index (κ3) is 7.10. The van der Waals surface area contributed by atoms with E-state index < -0.39 is 41.1 Å². The Morgan fingerprint density at radius 2 is 1.85 bits per heavy atom. The van der Waals surface area contributed by atoms with Gasteiger partial charge >= 0.3 is 5.97 Å². The molecule has 0 aromatic rings. The molecule has 0 aliphatic carbocycles. The van der Waals surface area contributed by atoms with Crippen LogP contribution in [0.2, 0.25) is 0 Å². The molecule has 3 saturated heterocycles. The van der Waals surface area contributed by atoms with Crippen LogP contribution in [0.4, 0.5) is 0 Å². The van der Waals surface area contributed by atoms with Crippen molar-refractivity contribution in [2.75, 3.05) is 26.3 Å². The third-order valence-corrected chi connectivity index (χ3v) is 9.52. The van der Waals surface area contributed by atoms with Crippen LogP contribution in [0.15, 0.2) is 25.3 Å². The Labute approximate surface area is 255 Å². The number of hydrogen-bond acceptors (Lipinski definition) is 6. The van der Waals surface area contributed by atoms with Crippen molar-refractivity contribution in [3.05, 3.63) is 25.3 Å². The van der Waals surface area contributed by atoms with Crippen molar-refractivity contribution in [3.63, 3.8) is 0 Å². The van der Waals surface area contributed by atoms with E-state index in [0.717, 1.165) is 32.1 Å². The molecule has 41 heavy (non-hydrogen) atoms. The maximum atomic E-state index is 14.7. The highest BCUT2D eigenvalue weighted by Gasteiger charge is 2.77. The molecule has 2 amide bonds. The second kappa shape index (κ2) is 13.7. The molecule has 0 radical (unpaired) electrons. The van der Waals surface area contributed by atoms with Crippen molar-refractivity contribution in [1.82, 2.24) is 9.80 Å². The van der Waals surface area contributed by atoms with Gasteiger partial charge in [-0.3, -0.25) is 14.4 Å². The van der Waals surface area contributed by atoms with Crippen LogP contribution >= 0.6 is 15.9 Å². The van der Waals surface area contributed by atoms with Gasteiger partial charge in [-0.15, -0.1) is 13.2 Å². The van der Waals surface area contributed by atoms with E-state index in [0.29, 0.717) is 32.4 Å². The molecular weight excluding hydrogens is 588 g/mol. The van der Waals surface area contributed by atoms with E-state index in [-0.39, 0.29) is 35.3 Å². The molecule has 1 spiro atoms. The zero-order valence-electron chi connectivity index (χ0n) is 25.7. The number of halogens is 1. The Balaban J connectivity index is 1.98. The molecule has 3 fully saturated rings. The molecule has 0 aromatic heterocycles. The molecule has 6 atom stereocenters. The summed E-state index contributed by atoms with van der Waals surface area (Å²) in [4.78, 5) is 45.7. The Bertz CT molecular complexity index is 978. The van der Waals surface area contributed by atoms with Gasteiger partial charge in [0.25, 0.3) is 0 Å². The molecule has 3 rings (SSSR count). The molecule has 0 aromatic carbocycles. The Kier molecular flexibility index (Phi) is 11.3. The average Bonchev–Trinajstić information content (AvgIpc) is 3.46. The summed E-state index contributed by atoms with van der Waals surface area (Å²) in [5.74, 6) is -2.36. The van der Waals surface area contributed by atoms with Gasteiger partial charge in [-0.25, -0.2) is 0 Å². The number of carbonyl (C=O) groups is 3. The quantitative estimate of drug-likeness (QED) is 0.110. The normalized spacial score (nSPS) is 29.0. The van der Waals surface area contributed by atoms with Crippen LogP contribution in [0, 0.1) is 17.3 Å². The van der Waals surface area contributed by atoms with Gasteiger partial charge in [0.1, 0.15) is 11.6 Å². The molecule has 3 heterocycles. The van der Waals surface area contributed by atoms with E-state index in [2.05, 4.69) is 63.7 Å². The number of aliphatic hydroxyl groups excluding tert-OH is 1. The molecule has 1 N–H and O–H groups in total. The van der Waals surface area contributed by atoms with E-state index in [1.54, 1.807) is 11.0 Å². The number of alkyl halides is 1. The van der Waals surface area contributed by atoms with Crippen LogP contribution in [-0.4, -0.2) is 87.1 Å². The predicted octanol–water partition coefficient (Wildman–Crippen LogP) is 5.03. The standard InChI is InChI=1S/C32H51BrN2O6/c1-8-10-11-15-19-40-29(39)23-24-27(37)34(17-13-12-14-18-36)26(32(24)20-22(33)25(23)41-32)28(38)35(16-9-2)31(6,7)21-30(3,4)5/h8-9,22-26,36H,1-2,10-21H2,3-7H3/t22?,23-,24+,25-,26?,32?/m1/s1. The number of ether oxygens (including phenoxy) is 2. The minimum atomic E-state index is -1.12. The van der Waals surface area contributed by atoms with Gasteiger partial charge in [-0.1, -0.05) is 48.9 Å². The van der Waals surface area contributed by atoms with Crippen molar-refractivity contribution in [3.8, 4) is 0 Å². The zero-order chi connectivity index (χ0) is 30.6. The fourth-order valence-electron chi connectivity index (χ4n) is 7.45. The first kappa shape index (κ1) is 33.8. The molecule has 232 valence electrons. The summed E-state index contributed by atoms with van der Waals surface area (Å²) in [7, 11) is 0. The lowest BCUT2D eigenvalue weighted by molar-refractivity contribution is -0.156. The van der Waals surface area contributed by atoms with Gasteiger partial charge in [0.2, 0.25) is 11.8 Å². The van der Waals surface area contributed by atoms with E-state index >= 15 is 0 Å². The number of esters is 1. The summed E-state index contributed by atoms with van der Waals surface area (Å²) >= 11 is 3.73. The highest BCUT2D eigenvalue weighted by atomic mass is 79.9. The zero-order valence-corrected chi connectivity index (χ0v) is 27.3. The number of allylic oxidation sites excluding steroid dienone is 1. The number of likely N-dealkylation sites (tertiary alicyclic amines) is 1. The maximum Gasteiger partial charge on any atom is 0.312 e. The van der Waals surface area contributed by atoms with Crippen LogP contribution in [-0.2, 0) is 23.9 Å². The summed E-state index contributed by atoms with van der Waals surface area (Å²) in [5, 5.41) is 9.29. The highest BCUT2D eigenvalue weighted by Crippen LogP contribution is 2.60. The third-order valence-electron chi connectivity index (χ3n) is 8.67. The fourth-order valence-corrected chi connectivity index (χ4v) is 8.40. The first-order chi connectivity index (χ1) is 19.3. The van der Waals surface area contributed by atoms with Gasteiger partial charge < -0.3 is 24.4 Å². The van der Waals surface area contributed by atoms with Crippen molar-refractivity contribution in [1.29, 1.82) is 0 Å². The molecule has 3 unspecified atom stereocenters. The summed E-state index contributed by atoms with van der Waals surface area (Å²) < 4.78 is 12.3. The molecule has 9 heteroatoms. The van der Waals surface area contributed by atoms with E-state index in [1.165, 1.54) is 0 Å². The van der Waals surface area contributed by atoms with Gasteiger partial charge in [-0.2, -0.15) is 0 Å². The van der Waals surface area contributed by atoms with Gasteiger partial charge in [0, 0.05) is 30.1 Å². The molecule has 0 saturated carbocycles. The Hall–Kier alpha value is -1.71. The molecule has 3 aliphatic heterocycles. The van der Waals surface area contributed by atoms with Crippen LogP contribution < -0.4 is 0 Å². The number of rotatable bonds is 16. The largest absolute Gasteiger partial charge is 0.465 e. The monoisotopic (exact) mass is 638 g/mol. The SMILES string of the molecule is C=CCCCCOC(=O)[C@H]1[C@@H]2OC3(CC2Br)C(C(=O)N(CC=C)C(C)(C)CC(C)(C)C)N(CCCCCO)C(=O)[C@H]13. The first-order valence-electron chi connectivity index (χ1n) is 15.2. The Morgan fingerprint density at radius 1 is 1.15 bits per heavy atom. The van der Waals surface area contributed by atoms with Crippen LogP contribution in [0.5, 0.6) is 0 Å². The van der Waals surface area contributed by atoms with Crippen molar-refractivity contribution < 1.29 is 29.0 Å². The number of amides is 2. The number of carbonyl (C=O) groups excluding carboxylic acids is 3. The topological polar surface area (TPSA) is 96.4 Å². The lowest BCUT2D eigenvalue weighted by Gasteiger charge is -2.45. The minimum absolute atomic E-state index is 0.0384. The molecule has 3 aliphatic rings. The van der Waals surface area contributed by atoms with Crippen LogP contribution in [0.25, 0.3) is 0 Å². The molecule has 8 nitrogen and oxygen atoms in total. The smallest absolute Gasteiger partial charge is 0.312 e. The lowest BCUT2D eigenvalue weighted by Crippen LogP contribution is -2.61. The van der Waals surface area contributed by atoms with Gasteiger partial charge in [-0.05, 0) is 70.6 Å². The van der Waals surface area contributed by atoms with Gasteiger partial charge in [0.05, 0.1) is 24.5 Å². The summed E-state index contributed by atoms with van der Waals surface area (Å²) in [6.45, 7) is 19.3. The van der Waals surface area contributed by atoms with Gasteiger partial charge in [0.15, 0.2) is 0 Å². The van der Waals surface area contributed by atoms with Crippen LogP contribution in [0.1, 0.15) is 86.0 Å². The number of aliphatic hydroxyl groups is 1. The molecular formula is C32H51BrN2O6. The lowest BCUT2D eigenvalue weighted by atomic mass is 9.70. The molecule has 2 bridgehead atoms.